The average Bonchev–Trinajstić information content (AvgIpc) is 3.03. The van der Waals surface area contributed by atoms with Gasteiger partial charge in [-0.1, -0.05) is 45.4 Å². The number of carbonyl (C=O) groups excluding carboxylic acids is 2. The summed E-state index contributed by atoms with van der Waals surface area (Å²) in [4.78, 5) is 23.8. The maximum atomic E-state index is 12.1. The lowest BCUT2D eigenvalue weighted by Gasteiger charge is -2.18. The lowest BCUT2D eigenvalue weighted by Crippen LogP contribution is -2.44. The van der Waals surface area contributed by atoms with E-state index >= 15 is 0 Å². The number of carbonyl (C=O) groups is 2. The van der Waals surface area contributed by atoms with E-state index in [2.05, 4.69) is 12.2 Å². The third kappa shape index (κ3) is 6.93. The highest BCUT2D eigenvalue weighted by molar-refractivity contribution is 5.85. The summed E-state index contributed by atoms with van der Waals surface area (Å²) in [5, 5.41) is 2.82. The van der Waals surface area contributed by atoms with Gasteiger partial charge in [0.15, 0.2) is 0 Å². The molecule has 0 aromatic heterocycles. The maximum Gasteiger partial charge on any atom is 0.328 e. The van der Waals surface area contributed by atoms with Crippen LogP contribution in [-0.2, 0) is 19.1 Å². The molecule has 0 bridgehead atoms. The van der Waals surface area contributed by atoms with Crippen molar-refractivity contribution in [3.8, 4) is 0 Å². The Morgan fingerprint density at radius 2 is 1.95 bits per heavy atom. The van der Waals surface area contributed by atoms with Crippen molar-refractivity contribution in [2.75, 3.05) is 20.3 Å². The number of nitrogens with one attached hydrogen (secondary N) is 1. The largest absolute Gasteiger partial charge is 0.467 e. The second-order valence-electron chi connectivity index (χ2n) is 5.70. The molecule has 1 aliphatic heterocycles. The summed E-state index contributed by atoms with van der Waals surface area (Å²) in [5.41, 5.74) is 0. The molecule has 0 unspecified atom stereocenters. The van der Waals surface area contributed by atoms with Crippen LogP contribution in [0.25, 0.3) is 0 Å². The van der Waals surface area contributed by atoms with E-state index in [1.54, 1.807) is 0 Å². The number of hydrogen-bond donors (Lipinski definition) is 1. The average molecular weight is 299 g/mol. The lowest BCUT2D eigenvalue weighted by molar-refractivity contribution is -0.145. The summed E-state index contributed by atoms with van der Waals surface area (Å²) in [6.07, 6.45) is 8.33. The Morgan fingerprint density at radius 3 is 2.57 bits per heavy atom. The number of methoxy groups -OCH3 is 1. The summed E-state index contributed by atoms with van der Waals surface area (Å²) in [5.74, 6) is -0.564. The maximum absolute atomic E-state index is 12.1. The van der Waals surface area contributed by atoms with Crippen molar-refractivity contribution in [2.45, 2.75) is 64.3 Å². The van der Waals surface area contributed by atoms with Crippen molar-refractivity contribution in [2.24, 2.45) is 5.92 Å². The molecule has 5 nitrogen and oxygen atoms in total. The SMILES string of the molecule is CCCCCCCC[C@@H](NC(=O)[C@H]1CCOC1)C(=O)OC. The van der Waals surface area contributed by atoms with E-state index < -0.39 is 6.04 Å². The molecule has 122 valence electrons. The second kappa shape index (κ2) is 10.6. The van der Waals surface area contributed by atoms with Crippen molar-refractivity contribution >= 4 is 11.9 Å². The van der Waals surface area contributed by atoms with Gasteiger partial charge < -0.3 is 14.8 Å². The summed E-state index contributed by atoms with van der Waals surface area (Å²) < 4.78 is 9.99. The normalized spacial score (nSPS) is 19.2. The highest BCUT2D eigenvalue weighted by Crippen LogP contribution is 2.14. The summed E-state index contributed by atoms with van der Waals surface area (Å²) >= 11 is 0. The molecule has 2 atom stereocenters. The fourth-order valence-electron chi connectivity index (χ4n) is 2.55. The van der Waals surface area contributed by atoms with E-state index in [1.165, 1.54) is 32.8 Å². The van der Waals surface area contributed by atoms with Crippen LogP contribution in [0, 0.1) is 5.92 Å². The first kappa shape index (κ1) is 18.0. The molecule has 21 heavy (non-hydrogen) atoms. The van der Waals surface area contributed by atoms with E-state index in [1.807, 2.05) is 0 Å². The lowest BCUT2D eigenvalue weighted by atomic mass is 10.0. The van der Waals surface area contributed by atoms with Crippen molar-refractivity contribution < 1.29 is 19.1 Å². The molecule has 0 saturated carbocycles. The van der Waals surface area contributed by atoms with Crippen LogP contribution in [0.2, 0.25) is 0 Å². The number of ether oxygens (including phenoxy) is 2. The Morgan fingerprint density at radius 1 is 1.24 bits per heavy atom. The van der Waals surface area contributed by atoms with Gasteiger partial charge in [-0.05, 0) is 12.8 Å². The minimum absolute atomic E-state index is 0.0890. The van der Waals surface area contributed by atoms with Gasteiger partial charge in [-0.3, -0.25) is 4.79 Å². The number of esters is 1. The van der Waals surface area contributed by atoms with Gasteiger partial charge in [0, 0.05) is 6.61 Å². The molecule has 5 heteroatoms. The van der Waals surface area contributed by atoms with Gasteiger partial charge in [0.25, 0.3) is 0 Å². The van der Waals surface area contributed by atoms with Gasteiger partial charge >= 0.3 is 5.97 Å². The van der Waals surface area contributed by atoms with Gasteiger partial charge in [-0.2, -0.15) is 0 Å². The number of rotatable bonds is 10. The summed E-state index contributed by atoms with van der Waals surface area (Å²) in [6.45, 7) is 3.27. The molecular formula is C16H29NO4. The molecule has 1 amide bonds. The Labute approximate surface area is 127 Å². The summed E-state index contributed by atoms with van der Waals surface area (Å²) in [6, 6.07) is -0.519. The van der Waals surface area contributed by atoms with Crippen molar-refractivity contribution in [3.63, 3.8) is 0 Å². The molecule has 0 spiro atoms. The van der Waals surface area contributed by atoms with Crippen LogP contribution in [-0.4, -0.2) is 38.2 Å². The first-order chi connectivity index (χ1) is 10.2. The molecule has 1 N–H and O–H groups in total. The molecule has 0 aromatic rings. The topological polar surface area (TPSA) is 64.6 Å². The number of hydrogen-bond acceptors (Lipinski definition) is 4. The van der Waals surface area contributed by atoms with Gasteiger partial charge in [-0.25, -0.2) is 4.79 Å². The molecule has 1 fully saturated rings. The van der Waals surface area contributed by atoms with Crippen LogP contribution in [0.5, 0.6) is 0 Å². The zero-order valence-corrected chi connectivity index (χ0v) is 13.4. The highest BCUT2D eigenvalue weighted by atomic mass is 16.5. The molecule has 0 aromatic carbocycles. The van der Waals surface area contributed by atoms with Crippen LogP contribution in [0.4, 0.5) is 0 Å². The quantitative estimate of drug-likeness (QED) is 0.497. The standard InChI is InChI=1S/C16H29NO4/c1-3-4-5-6-7-8-9-14(16(19)20-2)17-15(18)13-10-11-21-12-13/h13-14H,3-12H2,1-2H3,(H,17,18)/t13-,14+/m0/s1. The van der Waals surface area contributed by atoms with E-state index in [-0.39, 0.29) is 17.8 Å². The predicted octanol–water partition coefficient (Wildman–Crippen LogP) is 2.43. The fourth-order valence-corrected chi connectivity index (χ4v) is 2.55. The molecule has 1 rings (SSSR count). The second-order valence-corrected chi connectivity index (χ2v) is 5.70. The number of unbranched alkanes of at least 4 members (excludes halogenated alkanes) is 5. The zero-order valence-electron chi connectivity index (χ0n) is 13.4. The Bertz CT molecular complexity index is 313. The number of amides is 1. The fraction of sp³-hybridized carbons (Fsp3) is 0.875. The van der Waals surface area contributed by atoms with Crippen molar-refractivity contribution in [3.05, 3.63) is 0 Å². The van der Waals surface area contributed by atoms with Gasteiger partial charge in [0.2, 0.25) is 5.91 Å². The molecular weight excluding hydrogens is 270 g/mol. The molecule has 0 radical (unpaired) electrons. The van der Waals surface area contributed by atoms with Gasteiger partial charge in [0.05, 0.1) is 19.6 Å². The minimum atomic E-state index is -0.519. The highest BCUT2D eigenvalue weighted by Gasteiger charge is 2.28. The van der Waals surface area contributed by atoms with E-state index in [4.69, 9.17) is 9.47 Å². The van der Waals surface area contributed by atoms with Crippen LogP contribution in [0.3, 0.4) is 0 Å². The summed E-state index contributed by atoms with van der Waals surface area (Å²) in [7, 11) is 1.36. The van der Waals surface area contributed by atoms with Crippen LogP contribution < -0.4 is 5.32 Å². The van der Waals surface area contributed by atoms with E-state index in [0.717, 1.165) is 19.3 Å². The minimum Gasteiger partial charge on any atom is -0.467 e. The molecule has 1 aliphatic rings. The predicted molar refractivity (Wildman–Crippen MR) is 80.9 cm³/mol. The van der Waals surface area contributed by atoms with Crippen LogP contribution in [0.15, 0.2) is 0 Å². The third-order valence-electron chi connectivity index (χ3n) is 3.95. The molecule has 0 aliphatic carbocycles. The van der Waals surface area contributed by atoms with E-state index in [9.17, 15) is 9.59 Å². The monoisotopic (exact) mass is 299 g/mol. The van der Waals surface area contributed by atoms with Crippen LogP contribution in [0.1, 0.15) is 58.3 Å². The van der Waals surface area contributed by atoms with Crippen molar-refractivity contribution in [1.82, 2.24) is 5.32 Å². The van der Waals surface area contributed by atoms with Gasteiger partial charge in [-0.15, -0.1) is 0 Å². The Kier molecular flexibility index (Phi) is 9.06. The third-order valence-corrected chi connectivity index (χ3v) is 3.95. The first-order valence-electron chi connectivity index (χ1n) is 8.15. The smallest absolute Gasteiger partial charge is 0.328 e. The first-order valence-corrected chi connectivity index (χ1v) is 8.15. The molecule has 1 saturated heterocycles. The van der Waals surface area contributed by atoms with Crippen molar-refractivity contribution in [1.29, 1.82) is 0 Å². The van der Waals surface area contributed by atoms with E-state index in [0.29, 0.717) is 19.6 Å². The van der Waals surface area contributed by atoms with Gasteiger partial charge in [0.1, 0.15) is 6.04 Å². The zero-order chi connectivity index (χ0) is 15.5. The Hall–Kier alpha value is -1.10. The van der Waals surface area contributed by atoms with Crippen LogP contribution >= 0.6 is 0 Å². The Balaban J connectivity index is 2.30. The molecule has 1 heterocycles.